The third-order valence-electron chi connectivity index (χ3n) is 4.40. The van der Waals surface area contributed by atoms with Crippen LogP contribution in [-0.2, 0) is 14.3 Å². The number of carbonyl (C=O) groups excluding carboxylic acids is 4. The molecule has 2 amide bonds. The molecule has 0 aliphatic carbocycles. The number of hydrogen-bond donors (Lipinski definition) is 1. The largest absolute Gasteiger partial charge is 0.480 e. The summed E-state index contributed by atoms with van der Waals surface area (Å²) in [4.78, 5) is 69.6. The van der Waals surface area contributed by atoms with E-state index < -0.39 is 29.4 Å². The first-order valence-corrected chi connectivity index (χ1v) is 12.5. The molecule has 0 bridgehead atoms. The van der Waals surface area contributed by atoms with Crippen molar-refractivity contribution in [2.45, 2.75) is 52.7 Å². The van der Waals surface area contributed by atoms with Crippen molar-refractivity contribution in [3.05, 3.63) is 56.2 Å². The van der Waals surface area contributed by atoms with Crippen LogP contribution in [0.1, 0.15) is 46.3 Å². The summed E-state index contributed by atoms with van der Waals surface area (Å²) in [6.45, 7) is 10.1. The Balaban J connectivity index is 0.000000321. The predicted octanol–water partition coefficient (Wildman–Crippen LogP) is 2.92. The smallest absolute Gasteiger partial charge is 0.410 e. The van der Waals surface area contributed by atoms with Crippen LogP contribution in [0.4, 0.5) is 14.4 Å². The summed E-state index contributed by atoms with van der Waals surface area (Å²) < 4.78 is 14.1. The molecular formula is C26H38N8O8. The maximum absolute atomic E-state index is 11.7. The fraction of sp³-hybridized carbons (Fsp3) is 0.462. The van der Waals surface area contributed by atoms with Crippen LogP contribution in [0.5, 0.6) is 0 Å². The van der Waals surface area contributed by atoms with Crippen molar-refractivity contribution in [1.82, 2.24) is 38.5 Å². The molecule has 0 saturated heterocycles. The van der Waals surface area contributed by atoms with Crippen LogP contribution in [0.25, 0.3) is 0 Å². The Morgan fingerprint density at radius 3 is 1.33 bits per heavy atom. The number of nitrogens with zero attached hydrogens (tertiary/aromatic N) is 8. The SMILES string of the molecule is CN(CC(=O)O)C(=O)OC(C)(C)C.CN(CC(=O)n1ccnc1)C(=O)OC(C)(C)C.O=C(n1ccnc1)n1ccnc1. The molecule has 1 N–H and O–H groups in total. The van der Waals surface area contributed by atoms with E-state index in [1.807, 2.05) is 0 Å². The maximum atomic E-state index is 11.7. The first-order chi connectivity index (χ1) is 19.4. The molecule has 0 aliphatic heterocycles. The summed E-state index contributed by atoms with van der Waals surface area (Å²) in [5.41, 5.74) is -1.16. The van der Waals surface area contributed by atoms with Crippen LogP contribution in [0.2, 0.25) is 0 Å². The fourth-order valence-electron chi connectivity index (χ4n) is 2.58. The van der Waals surface area contributed by atoms with E-state index in [-0.39, 0.29) is 25.0 Å². The molecule has 0 aromatic carbocycles. The summed E-state index contributed by atoms with van der Waals surface area (Å²) in [5, 5.41) is 8.38. The lowest BCUT2D eigenvalue weighted by molar-refractivity contribution is -0.137. The third-order valence-corrected chi connectivity index (χ3v) is 4.40. The van der Waals surface area contributed by atoms with Crippen LogP contribution in [0.3, 0.4) is 0 Å². The standard InChI is InChI=1S/C11H17N3O3.C8H15NO4.C7H6N4O/c1-11(2,3)17-10(16)13(4)7-9(15)14-6-5-12-8-14;1-8(2,3)13-7(12)9(4)5-6(10)11;12-7(10-3-1-8-5-10)11-4-2-9-6-11/h5-6,8H,7H2,1-4H3;5H2,1-4H3,(H,10,11);1-6H. The van der Waals surface area contributed by atoms with Crippen LogP contribution in [0, 0.1) is 0 Å². The number of aliphatic carboxylic acids is 1. The Kier molecular flexibility index (Phi) is 13.1. The van der Waals surface area contributed by atoms with Gasteiger partial charge in [-0.05, 0) is 41.5 Å². The van der Waals surface area contributed by atoms with E-state index in [2.05, 4.69) is 15.0 Å². The van der Waals surface area contributed by atoms with Crippen molar-refractivity contribution in [3.63, 3.8) is 0 Å². The van der Waals surface area contributed by atoms with Gasteiger partial charge in [-0.2, -0.15) is 0 Å². The van der Waals surface area contributed by atoms with Crippen molar-refractivity contribution >= 4 is 30.1 Å². The number of carboxylic acids is 1. The number of carboxylic acid groups (broad SMARTS) is 1. The zero-order valence-corrected chi connectivity index (χ0v) is 25.0. The summed E-state index contributed by atoms with van der Waals surface area (Å²) in [7, 11) is 2.89. The first kappa shape index (κ1) is 35.0. The van der Waals surface area contributed by atoms with Gasteiger partial charge in [-0.25, -0.2) is 29.3 Å². The summed E-state index contributed by atoms with van der Waals surface area (Å²) in [5.74, 6) is -1.30. The minimum absolute atomic E-state index is 0.0503. The van der Waals surface area contributed by atoms with Crippen molar-refractivity contribution < 1.29 is 38.6 Å². The molecule has 0 fully saturated rings. The average Bonchev–Trinajstić information content (AvgIpc) is 3.65. The van der Waals surface area contributed by atoms with Crippen LogP contribution >= 0.6 is 0 Å². The average molecular weight is 591 g/mol. The summed E-state index contributed by atoms with van der Waals surface area (Å²) >= 11 is 0. The lowest BCUT2D eigenvalue weighted by Crippen LogP contribution is -2.38. The molecule has 42 heavy (non-hydrogen) atoms. The quantitative estimate of drug-likeness (QED) is 0.471. The van der Waals surface area contributed by atoms with Crippen molar-refractivity contribution in [2.75, 3.05) is 27.2 Å². The highest BCUT2D eigenvalue weighted by Gasteiger charge is 2.22. The molecule has 3 rings (SSSR count). The highest BCUT2D eigenvalue weighted by Crippen LogP contribution is 2.09. The number of carbonyl (C=O) groups is 5. The van der Waals surface area contributed by atoms with Gasteiger partial charge in [0.1, 0.15) is 43.3 Å². The molecule has 230 valence electrons. The van der Waals surface area contributed by atoms with E-state index in [4.69, 9.17) is 14.6 Å². The molecule has 0 aliphatic rings. The van der Waals surface area contributed by atoms with E-state index in [0.717, 1.165) is 4.90 Å². The molecule has 0 atom stereocenters. The van der Waals surface area contributed by atoms with E-state index in [0.29, 0.717) is 0 Å². The molecule has 0 radical (unpaired) electrons. The Labute approximate surface area is 243 Å². The normalized spacial score (nSPS) is 10.7. The molecule has 3 heterocycles. The zero-order valence-electron chi connectivity index (χ0n) is 25.0. The van der Waals surface area contributed by atoms with Crippen molar-refractivity contribution in [1.29, 1.82) is 0 Å². The Morgan fingerprint density at radius 1 is 0.667 bits per heavy atom. The molecular weight excluding hydrogens is 552 g/mol. The van der Waals surface area contributed by atoms with Gasteiger partial charge in [0.2, 0.25) is 0 Å². The molecule has 3 aromatic rings. The number of rotatable bonds is 4. The lowest BCUT2D eigenvalue weighted by Gasteiger charge is -2.24. The molecule has 3 aromatic heterocycles. The Morgan fingerprint density at radius 2 is 1.02 bits per heavy atom. The van der Waals surface area contributed by atoms with E-state index in [1.54, 1.807) is 66.3 Å². The second-order valence-electron chi connectivity index (χ2n) is 10.7. The van der Waals surface area contributed by atoms with E-state index >= 15 is 0 Å². The second kappa shape index (κ2) is 15.7. The van der Waals surface area contributed by atoms with Crippen molar-refractivity contribution in [3.8, 4) is 0 Å². The van der Waals surface area contributed by atoms with Gasteiger partial charge in [-0.15, -0.1) is 0 Å². The highest BCUT2D eigenvalue weighted by atomic mass is 16.6. The zero-order chi connectivity index (χ0) is 32.1. The van der Waals surface area contributed by atoms with Gasteiger partial charge in [0.05, 0.1) is 0 Å². The number of aromatic nitrogens is 6. The topological polar surface area (TPSA) is 184 Å². The van der Waals surface area contributed by atoms with Gasteiger partial charge in [0.25, 0.3) is 5.91 Å². The third kappa shape index (κ3) is 13.9. The van der Waals surface area contributed by atoms with Gasteiger partial charge < -0.3 is 24.4 Å². The predicted molar refractivity (Wildman–Crippen MR) is 149 cm³/mol. The minimum atomic E-state index is -1.06. The summed E-state index contributed by atoms with van der Waals surface area (Å²) in [6, 6.07) is -0.190. The second-order valence-corrected chi connectivity index (χ2v) is 10.7. The Bertz CT molecular complexity index is 1240. The van der Waals surface area contributed by atoms with Gasteiger partial charge in [-0.3, -0.25) is 23.3 Å². The number of amides is 2. The summed E-state index contributed by atoms with van der Waals surface area (Å²) in [6.07, 6.45) is 12.4. The molecule has 16 heteroatoms. The lowest BCUT2D eigenvalue weighted by atomic mass is 10.2. The molecule has 16 nitrogen and oxygen atoms in total. The van der Waals surface area contributed by atoms with Gasteiger partial charge in [0, 0.05) is 51.3 Å². The van der Waals surface area contributed by atoms with E-state index in [1.165, 1.54) is 64.1 Å². The monoisotopic (exact) mass is 590 g/mol. The number of ether oxygens (including phenoxy) is 2. The number of imidazole rings is 3. The molecule has 0 saturated carbocycles. The van der Waals surface area contributed by atoms with Gasteiger partial charge in [-0.1, -0.05) is 0 Å². The van der Waals surface area contributed by atoms with Gasteiger partial charge in [0.15, 0.2) is 0 Å². The van der Waals surface area contributed by atoms with Crippen LogP contribution in [-0.4, -0.2) is 112 Å². The first-order valence-electron chi connectivity index (χ1n) is 12.5. The van der Waals surface area contributed by atoms with Gasteiger partial charge >= 0.3 is 24.2 Å². The number of likely N-dealkylation sites (N-methyl/N-ethyl adjacent to an activating group) is 2. The molecule has 0 unspecified atom stereocenters. The molecule has 0 spiro atoms. The minimum Gasteiger partial charge on any atom is -0.480 e. The number of hydrogen-bond acceptors (Lipinski definition) is 10. The van der Waals surface area contributed by atoms with E-state index in [9.17, 15) is 24.0 Å². The maximum Gasteiger partial charge on any atom is 0.410 e. The Hall–Kier alpha value is -5.02. The fourth-order valence-corrected chi connectivity index (χ4v) is 2.58. The van der Waals surface area contributed by atoms with Crippen LogP contribution in [0.15, 0.2) is 56.2 Å². The van der Waals surface area contributed by atoms with Crippen molar-refractivity contribution in [2.24, 2.45) is 0 Å². The van der Waals surface area contributed by atoms with Crippen LogP contribution < -0.4 is 0 Å². The highest BCUT2D eigenvalue weighted by molar-refractivity contribution is 5.84.